The molecule has 2 unspecified atom stereocenters. The zero-order valence-corrected chi connectivity index (χ0v) is 19.2. The van der Waals surface area contributed by atoms with Gasteiger partial charge in [-0.25, -0.2) is 4.79 Å². The highest BCUT2D eigenvalue weighted by Gasteiger charge is 2.27. The number of benzene rings is 2. The van der Waals surface area contributed by atoms with Gasteiger partial charge in [0.1, 0.15) is 11.5 Å². The van der Waals surface area contributed by atoms with Crippen molar-refractivity contribution in [2.24, 2.45) is 5.92 Å². The van der Waals surface area contributed by atoms with Gasteiger partial charge in [-0.3, -0.25) is 0 Å². The van der Waals surface area contributed by atoms with E-state index in [2.05, 4.69) is 5.10 Å². The predicted octanol–water partition coefficient (Wildman–Crippen LogP) is 5.92. The summed E-state index contributed by atoms with van der Waals surface area (Å²) in [4.78, 5) is 14.2. The molecule has 7 heteroatoms. The first-order valence-electron chi connectivity index (χ1n) is 10.9. The molecule has 0 bridgehead atoms. The van der Waals surface area contributed by atoms with E-state index in [-0.39, 0.29) is 12.1 Å². The molecule has 0 saturated heterocycles. The topological polar surface area (TPSA) is 56.6 Å². The van der Waals surface area contributed by atoms with Gasteiger partial charge in [0.15, 0.2) is 0 Å². The van der Waals surface area contributed by atoms with E-state index in [1.165, 1.54) is 4.68 Å². The number of hydrogen-bond donors (Lipinski definition) is 0. The Morgan fingerprint density at radius 3 is 2.72 bits per heavy atom. The Morgan fingerprint density at radius 2 is 1.97 bits per heavy atom. The second kappa shape index (κ2) is 10.2. The standard InChI is InChI=1S/C25H28ClN3O3/c1-18-12-13-29(27-18)25(30)28(2)16-19-6-9-23(14-19)31-17-20-4-3-5-24(15-20)32-22-10-7-21(26)8-11-22/h3-5,7-8,10-13,15,19,23H,6,9,14,16-17H2,1-2H3. The van der Waals surface area contributed by atoms with Crippen molar-refractivity contribution in [3.05, 3.63) is 77.1 Å². The lowest BCUT2D eigenvalue weighted by Gasteiger charge is -2.21. The number of rotatable bonds is 7. The van der Waals surface area contributed by atoms with Crippen molar-refractivity contribution in [1.82, 2.24) is 14.7 Å². The molecule has 2 atom stereocenters. The van der Waals surface area contributed by atoms with Gasteiger partial charge in [-0.15, -0.1) is 0 Å². The van der Waals surface area contributed by atoms with Crippen LogP contribution >= 0.6 is 11.6 Å². The van der Waals surface area contributed by atoms with E-state index < -0.39 is 0 Å². The molecule has 0 aliphatic heterocycles. The van der Waals surface area contributed by atoms with E-state index in [1.54, 1.807) is 23.2 Å². The molecule has 0 N–H and O–H groups in total. The van der Waals surface area contributed by atoms with Crippen LogP contribution in [0.2, 0.25) is 5.02 Å². The second-order valence-electron chi connectivity index (χ2n) is 8.38. The minimum Gasteiger partial charge on any atom is -0.457 e. The van der Waals surface area contributed by atoms with E-state index in [0.717, 1.165) is 42.0 Å². The maximum Gasteiger partial charge on any atom is 0.344 e. The smallest absolute Gasteiger partial charge is 0.344 e. The van der Waals surface area contributed by atoms with Crippen LogP contribution in [0.25, 0.3) is 0 Å². The van der Waals surface area contributed by atoms with Gasteiger partial charge in [0, 0.05) is 24.8 Å². The lowest BCUT2D eigenvalue weighted by atomic mass is 10.1. The normalized spacial score (nSPS) is 18.0. The molecule has 168 valence electrons. The van der Waals surface area contributed by atoms with E-state index in [4.69, 9.17) is 21.1 Å². The highest BCUT2D eigenvalue weighted by Crippen LogP contribution is 2.30. The lowest BCUT2D eigenvalue weighted by molar-refractivity contribution is 0.0421. The van der Waals surface area contributed by atoms with Gasteiger partial charge in [-0.05, 0) is 80.1 Å². The summed E-state index contributed by atoms with van der Waals surface area (Å²) in [6.07, 6.45) is 4.93. The van der Waals surface area contributed by atoms with Crippen molar-refractivity contribution >= 4 is 17.6 Å². The molecular weight excluding hydrogens is 426 g/mol. The Balaban J connectivity index is 1.24. The third kappa shape index (κ3) is 5.90. The average Bonchev–Trinajstić information content (AvgIpc) is 3.42. The number of carbonyl (C=O) groups excluding carboxylic acids is 1. The summed E-state index contributed by atoms with van der Waals surface area (Å²) in [5.74, 6) is 1.95. The van der Waals surface area contributed by atoms with E-state index in [0.29, 0.717) is 24.1 Å². The zero-order chi connectivity index (χ0) is 22.5. The number of nitrogens with zero attached hydrogens (tertiary/aromatic N) is 3. The van der Waals surface area contributed by atoms with Crippen LogP contribution in [0, 0.1) is 12.8 Å². The Kier molecular flexibility index (Phi) is 7.12. The van der Waals surface area contributed by atoms with Crippen LogP contribution < -0.4 is 4.74 Å². The van der Waals surface area contributed by atoms with Gasteiger partial charge in [-0.1, -0.05) is 23.7 Å². The van der Waals surface area contributed by atoms with Crippen LogP contribution in [0.5, 0.6) is 11.5 Å². The van der Waals surface area contributed by atoms with Crippen molar-refractivity contribution in [2.45, 2.75) is 38.9 Å². The Morgan fingerprint density at radius 1 is 1.16 bits per heavy atom. The van der Waals surface area contributed by atoms with Crippen molar-refractivity contribution in [3.8, 4) is 11.5 Å². The SMILES string of the molecule is Cc1ccn(C(=O)N(C)CC2CCC(OCc3cccc(Oc4ccc(Cl)cc4)c3)C2)n1. The van der Waals surface area contributed by atoms with E-state index in [1.807, 2.05) is 56.4 Å². The number of aromatic nitrogens is 2. The van der Waals surface area contributed by atoms with Crippen LogP contribution in [0.4, 0.5) is 4.79 Å². The van der Waals surface area contributed by atoms with Gasteiger partial charge in [0.2, 0.25) is 0 Å². The van der Waals surface area contributed by atoms with Crippen molar-refractivity contribution in [1.29, 1.82) is 0 Å². The third-order valence-electron chi connectivity index (χ3n) is 5.70. The number of carbonyl (C=O) groups is 1. The zero-order valence-electron chi connectivity index (χ0n) is 18.4. The fourth-order valence-corrected chi connectivity index (χ4v) is 4.19. The molecule has 1 aliphatic rings. The molecule has 1 heterocycles. The Bertz CT molecular complexity index is 1050. The first-order chi connectivity index (χ1) is 15.5. The molecule has 1 aliphatic carbocycles. The van der Waals surface area contributed by atoms with Crippen molar-refractivity contribution < 1.29 is 14.3 Å². The number of ether oxygens (including phenoxy) is 2. The largest absolute Gasteiger partial charge is 0.457 e. The van der Waals surface area contributed by atoms with Crippen molar-refractivity contribution in [2.75, 3.05) is 13.6 Å². The van der Waals surface area contributed by atoms with Crippen LogP contribution in [0.1, 0.15) is 30.5 Å². The molecule has 1 fully saturated rings. The highest BCUT2D eigenvalue weighted by molar-refractivity contribution is 6.30. The molecule has 0 radical (unpaired) electrons. The maximum absolute atomic E-state index is 12.5. The van der Waals surface area contributed by atoms with Crippen LogP contribution in [-0.2, 0) is 11.3 Å². The summed E-state index contributed by atoms with van der Waals surface area (Å²) in [5.41, 5.74) is 1.91. The van der Waals surface area contributed by atoms with Gasteiger partial charge in [0.25, 0.3) is 0 Å². The molecule has 1 saturated carbocycles. The summed E-state index contributed by atoms with van der Waals surface area (Å²) >= 11 is 5.93. The fourth-order valence-electron chi connectivity index (χ4n) is 4.06. The molecule has 0 spiro atoms. The fraction of sp³-hybridized carbons (Fsp3) is 0.360. The molecule has 1 aromatic heterocycles. The minimum absolute atomic E-state index is 0.0972. The third-order valence-corrected chi connectivity index (χ3v) is 5.96. The Hall–Kier alpha value is -2.83. The molecule has 6 nitrogen and oxygen atoms in total. The molecule has 3 aromatic rings. The van der Waals surface area contributed by atoms with E-state index in [9.17, 15) is 4.79 Å². The van der Waals surface area contributed by atoms with E-state index >= 15 is 0 Å². The molecule has 1 amide bonds. The summed E-state index contributed by atoms with van der Waals surface area (Å²) < 4.78 is 13.5. The van der Waals surface area contributed by atoms with Crippen LogP contribution in [0.3, 0.4) is 0 Å². The highest BCUT2D eigenvalue weighted by atomic mass is 35.5. The predicted molar refractivity (Wildman–Crippen MR) is 124 cm³/mol. The lowest BCUT2D eigenvalue weighted by Crippen LogP contribution is -2.35. The summed E-state index contributed by atoms with van der Waals surface area (Å²) in [6, 6.07) is 17.0. The number of aryl methyl sites for hydroxylation is 1. The minimum atomic E-state index is -0.0972. The number of halogens is 1. The Labute approximate surface area is 193 Å². The van der Waals surface area contributed by atoms with Crippen molar-refractivity contribution in [3.63, 3.8) is 0 Å². The molecule has 32 heavy (non-hydrogen) atoms. The van der Waals surface area contributed by atoms with Gasteiger partial charge < -0.3 is 14.4 Å². The first kappa shape index (κ1) is 22.4. The van der Waals surface area contributed by atoms with Crippen LogP contribution in [0.15, 0.2) is 60.8 Å². The number of amides is 1. The number of hydrogen-bond acceptors (Lipinski definition) is 4. The molecular formula is C25H28ClN3O3. The van der Waals surface area contributed by atoms with Gasteiger partial charge in [0.05, 0.1) is 18.4 Å². The molecule has 2 aromatic carbocycles. The maximum atomic E-state index is 12.5. The summed E-state index contributed by atoms with van der Waals surface area (Å²) in [5, 5.41) is 4.89. The first-order valence-corrected chi connectivity index (χ1v) is 11.3. The van der Waals surface area contributed by atoms with Crippen LogP contribution in [-0.4, -0.2) is 40.4 Å². The summed E-state index contributed by atoms with van der Waals surface area (Å²) in [7, 11) is 1.83. The molecule has 4 rings (SSSR count). The summed E-state index contributed by atoms with van der Waals surface area (Å²) in [6.45, 7) is 3.13. The average molecular weight is 454 g/mol. The van der Waals surface area contributed by atoms with Gasteiger partial charge in [-0.2, -0.15) is 9.78 Å². The monoisotopic (exact) mass is 453 g/mol. The van der Waals surface area contributed by atoms with Gasteiger partial charge >= 0.3 is 6.03 Å². The quantitative estimate of drug-likeness (QED) is 0.445. The second-order valence-corrected chi connectivity index (χ2v) is 8.82.